The largest absolute Gasteiger partial charge is 0.497 e. The van der Waals surface area contributed by atoms with Gasteiger partial charge >= 0.3 is 0 Å². The lowest BCUT2D eigenvalue weighted by Gasteiger charge is -2.30. The molecule has 0 radical (unpaired) electrons. The molecule has 31 heavy (non-hydrogen) atoms. The predicted molar refractivity (Wildman–Crippen MR) is 127 cm³/mol. The third kappa shape index (κ3) is 4.82. The van der Waals surface area contributed by atoms with E-state index in [9.17, 15) is 0 Å². The van der Waals surface area contributed by atoms with Crippen LogP contribution in [0.25, 0.3) is 11.3 Å². The average Bonchev–Trinajstić information content (AvgIpc) is 2.81. The van der Waals surface area contributed by atoms with Crippen LogP contribution in [-0.2, 0) is 6.54 Å². The minimum atomic E-state index is 0.585. The van der Waals surface area contributed by atoms with Crippen molar-refractivity contribution in [2.24, 2.45) is 0 Å². The van der Waals surface area contributed by atoms with Crippen LogP contribution >= 0.6 is 23.2 Å². The molecule has 158 valence electrons. The van der Waals surface area contributed by atoms with Crippen molar-refractivity contribution in [2.75, 3.05) is 14.2 Å². The minimum absolute atomic E-state index is 0.585. The van der Waals surface area contributed by atoms with E-state index in [1.165, 1.54) is 0 Å². The summed E-state index contributed by atoms with van der Waals surface area (Å²) in [4.78, 5) is 0. The highest BCUT2D eigenvalue weighted by Crippen LogP contribution is 2.32. The first-order chi connectivity index (χ1) is 15.1. The molecule has 1 aliphatic rings. The zero-order chi connectivity index (χ0) is 21.8. The van der Waals surface area contributed by atoms with Crippen LogP contribution in [-0.4, -0.2) is 19.2 Å². The van der Waals surface area contributed by atoms with Gasteiger partial charge in [0.25, 0.3) is 0 Å². The smallest absolute Gasteiger partial charge is 0.118 e. The lowest BCUT2D eigenvalue weighted by Crippen LogP contribution is -2.34. The minimum Gasteiger partial charge on any atom is -0.497 e. The molecular formula is C25H22Cl2N2O2. The van der Waals surface area contributed by atoms with Crippen molar-refractivity contribution in [3.8, 4) is 11.5 Å². The molecule has 0 atom stereocenters. The van der Waals surface area contributed by atoms with E-state index in [4.69, 9.17) is 32.7 Å². The Hall–Kier alpha value is -3.08. The number of methoxy groups -OCH3 is 2. The van der Waals surface area contributed by atoms with E-state index in [2.05, 4.69) is 23.6 Å². The fraction of sp³-hybridized carbons (Fsp3) is 0.120. The number of nitrogens with one attached hydrogen (secondary N) is 1. The van der Waals surface area contributed by atoms with E-state index >= 15 is 0 Å². The normalized spacial score (nSPS) is 13.2. The van der Waals surface area contributed by atoms with Crippen LogP contribution in [0, 0.1) is 0 Å². The molecule has 4 nitrogen and oxygen atoms in total. The number of allylic oxidation sites excluding steroid dienone is 2. The summed E-state index contributed by atoms with van der Waals surface area (Å²) in [6, 6.07) is 21.6. The summed E-state index contributed by atoms with van der Waals surface area (Å²) in [5.41, 5.74) is 8.70. The summed E-state index contributed by atoms with van der Waals surface area (Å²) in [5.74, 6) is 1.63. The van der Waals surface area contributed by atoms with Gasteiger partial charge < -0.3 is 9.47 Å². The first-order valence-electron chi connectivity index (χ1n) is 9.76. The summed E-state index contributed by atoms with van der Waals surface area (Å²) in [6.45, 7) is 0.585. The Morgan fingerprint density at radius 2 is 1.42 bits per heavy atom. The lowest BCUT2D eigenvalue weighted by atomic mass is 9.98. The molecule has 4 rings (SSSR count). The van der Waals surface area contributed by atoms with Crippen LogP contribution in [0.4, 0.5) is 0 Å². The van der Waals surface area contributed by atoms with Crippen LogP contribution in [0.2, 0.25) is 10.0 Å². The second kappa shape index (κ2) is 9.38. The highest BCUT2D eigenvalue weighted by atomic mass is 35.5. The molecule has 0 bridgehead atoms. The van der Waals surface area contributed by atoms with Gasteiger partial charge in [-0.3, -0.25) is 10.4 Å². The number of hydrogen-bond donors (Lipinski definition) is 1. The van der Waals surface area contributed by atoms with Crippen molar-refractivity contribution in [1.29, 1.82) is 0 Å². The third-order valence-corrected chi connectivity index (χ3v) is 5.67. The molecule has 1 N–H and O–H groups in total. The average molecular weight is 453 g/mol. The standard InChI is InChI=1S/C25H22Cl2N2O2/c1-30-21-9-4-17(5-10-21)23-13-14-29(16-19-3-8-20(26)15-24(19)27)28-25(23)18-6-11-22(31-2)12-7-18/h3-15,28H,16H2,1-2H3. The molecule has 6 heteroatoms. The maximum atomic E-state index is 6.39. The highest BCUT2D eigenvalue weighted by molar-refractivity contribution is 6.35. The Morgan fingerprint density at radius 3 is 2.00 bits per heavy atom. The molecule has 1 aliphatic heterocycles. The molecule has 3 aromatic rings. The number of rotatable bonds is 6. The van der Waals surface area contributed by atoms with Gasteiger partial charge in [-0.2, -0.15) is 0 Å². The van der Waals surface area contributed by atoms with Crippen molar-refractivity contribution < 1.29 is 9.47 Å². The Bertz CT molecular complexity index is 1120. The van der Waals surface area contributed by atoms with Gasteiger partial charge in [0, 0.05) is 27.4 Å². The molecule has 0 spiro atoms. The van der Waals surface area contributed by atoms with E-state index in [1.54, 1.807) is 20.3 Å². The van der Waals surface area contributed by atoms with Gasteiger partial charge in [-0.05, 0) is 65.7 Å². The van der Waals surface area contributed by atoms with Gasteiger partial charge in [0.2, 0.25) is 0 Å². The van der Waals surface area contributed by atoms with E-state index in [0.29, 0.717) is 16.6 Å². The van der Waals surface area contributed by atoms with Crippen LogP contribution in [0.1, 0.15) is 16.7 Å². The Balaban J connectivity index is 1.69. The first-order valence-corrected chi connectivity index (χ1v) is 10.5. The molecule has 1 heterocycles. The molecule has 3 aromatic carbocycles. The Morgan fingerprint density at radius 1 is 0.806 bits per heavy atom. The van der Waals surface area contributed by atoms with E-state index in [0.717, 1.165) is 39.5 Å². The van der Waals surface area contributed by atoms with E-state index in [-0.39, 0.29) is 0 Å². The number of ether oxygens (including phenoxy) is 2. The van der Waals surface area contributed by atoms with Crippen molar-refractivity contribution >= 4 is 34.5 Å². The van der Waals surface area contributed by atoms with Crippen molar-refractivity contribution in [1.82, 2.24) is 10.4 Å². The monoisotopic (exact) mass is 452 g/mol. The fourth-order valence-corrected chi connectivity index (χ4v) is 3.87. The number of hydrogen-bond acceptors (Lipinski definition) is 4. The van der Waals surface area contributed by atoms with Crippen LogP contribution in [0.5, 0.6) is 11.5 Å². The van der Waals surface area contributed by atoms with Crippen molar-refractivity contribution in [3.05, 3.63) is 106 Å². The number of hydrazine groups is 1. The maximum Gasteiger partial charge on any atom is 0.118 e. The molecular weight excluding hydrogens is 431 g/mol. The van der Waals surface area contributed by atoms with Crippen molar-refractivity contribution in [2.45, 2.75) is 6.54 Å². The Labute approximate surface area is 192 Å². The fourth-order valence-electron chi connectivity index (χ4n) is 3.40. The number of nitrogens with zero attached hydrogens (tertiary/aromatic N) is 1. The number of halogens is 2. The summed E-state index contributed by atoms with van der Waals surface area (Å²) in [6.07, 6.45) is 4.11. The molecule has 0 saturated heterocycles. The SMILES string of the molecule is COc1ccc(C2=C(c3ccc(OC)cc3)NN(Cc3ccc(Cl)cc3Cl)C=C2)cc1. The topological polar surface area (TPSA) is 33.7 Å². The molecule has 0 aliphatic carbocycles. The van der Waals surface area contributed by atoms with Gasteiger partial charge in [0.15, 0.2) is 0 Å². The van der Waals surface area contributed by atoms with Gasteiger partial charge in [0.05, 0.1) is 26.5 Å². The van der Waals surface area contributed by atoms with Gasteiger partial charge in [-0.25, -0.2) is 0 Å². The summed E-state index contributed by atoms with van der Waals surface area (Å²) in [7, 11) is 3.33. The van der Waals surface area contributed by atoms with Crippen molar-refractivity contribution in [3.63, 3.8) is 0 Å². The second-order valence-electron chi connectivity index (χ2n) is 7.04. The highest BCUT2D eigenvalue weighted by Gasteiger charge is 2.18. The molecule has 0 fully saturated rings. The maximum absolute atomic E-state index is 6.39. The molecule has 0 aromatic heterocycles. The summed E-state index contributed by atoms with van der Waals surface area (Å²) >= 11 is 12.4. The second-order valence-corrected chi connectivity index (χ2v) is 7.88. The summed E-state index contributed by atoms with van der Waals surface area (Å²) in [5, 5.41) is 3.26. The molecule has 0 saturated carbocycles. The third-order valence-electron chi connectivity index (χ3n) is 5.08. The number of benzene rings is 3. The van der Waals surface area contributed by atoms with Gasteiger partial charge in [0.1, 0.15) is 11.5 Å². The van der Waals surface area contributed by atoms with Crippen LogP contribution < -0.4 is 14.9 Å². The zero-order valence-corrected chi connectivity index (χ0v) is 18.7. The molecule has 0 unspecified atom stereocenters. The van der Waals surface area contributed by atoms with Crippen LogP contribution in [0.3, 0.4) is 0 Å². The van der Waals surface area contributed by atoms with Gasteiger partial charge in [-0.15, -0.1) is 0 Å². The predicted octanol–water partition coefficient (Wildman–Crippen LogP) is 6.41. The Kier molecular flexibility index (Phi) is 6.40. The zero-order valence-electron chi connectivity index (χ0n) is 17.2. The lowest BCUT2D eigenvalue weighted by molar-refractivity contribution is 0.314. The van der Waals surface area contributed by atoms with E-state index < -0.39 is 0 Å². The first kappa shape index (κ1) is 21.2. The van der Waals surface area contributed by atoms with Gasteiger partial charge in [-0.1, -0.05) is 41.4 Å². The molecule has 0 amide bonds. The quantitative estimate of drug-likeness (QED) is 0.468. The van der Waals surface area contributed by atoms with E-state index in [1.807, 2.05) is 59.7 Å². The van der Waals surface area contributed by atoms with Crippen LogP contribution in [0.15, 0.2) is 79.0 Å². The summed E-state index contributed by atoms with van der Waals surface area (Å²) < 4.78 is 10.6.